The highest BCUT2D eigenvalue weighted by atomic mass is 16.3. The molecule has 0 heterocycles. The second-order valence-electron chi connectivity index (χ2n) is 6.01. The van der Waals surface area contributed by atoms with Gasteiger partial charge in [-0.15, -0.1) is 0 Å². The quantitative estimate of drug-likeness (QED) is 0.599. The number of hydrogen-bond acceptors (Lipinski definition) is 4. The Morgan fingerprint density at radius 2 is 2.14 bits per heavy atom. The van der Waals surface area contributed by atoms with E-state index in [1.54, 1.807) is 7.05 Å². The third-order valence-corrected chi connectivity index (χ3v) is 4.36. The summed E-state index contributed by atoms with van der Waals surface area (Å²) in [7, 11) is 1.77. The summed E-state index contributed by atoms with van der Waals surface area (Å²) in [5.74, 6) is -0.346. The van der Waals surface area contributed by atoms with Gasteiger partial charge in [0.15, 0.2) is 0 Å². The van der Waals surface area contributed by atoms with E-state index in [2.05, 4.69) is 10.6 Å². The van der Waals surface area contributed by atoms with E-state index in [4.69, 9.17) is 0 Å². The zero-order chi connectivity index (χ0) is 16.1. The lowest BCUT2D eigenvalue weighted by Gasteiger charge is -2.23. The van der Waals surface area contributed by atoms with E-state index in [0.29, 0.717) is 25.8 Å². The fourth-order valence-electron chi connectivity index (χ4n) is 3.13. The number of likely N-dealkylation sites (N-methyl/N-ethyl adjacent to an activating group) is 1. The molecule has 0 radical (unpaired) electrons. The van der Waals surface area contributed by atoms with Gasteiger partial charge >= 0.3 is 0 Å². The summed E-state index contributed by atoms with van der Waals surface area (Å²) in [5.41, 5.74) is 2.08. The van der Waals surface area contributed by atoms with Crippen LogP contribution >= 0.6 is 0 Å². The van der Waals surface area contributed by atoms with Crippen molar-refractivity contribution in [3.63, 3.8) is 0 Å². The van der Waals surface area contributed by atoms with E-state index in [9.17, 15) is 15.0 Å². The molecule has 4 N–H and O–H groups in total. The molecule has 1 aliphatic carbocycles. The Morgan fingerprint density at radius 3 is 2.82 bits per heavy atom. The predicted octanol–water partition coefficient (Wildman–Crippen LogP) is 0.757. The molecule has 0 aromatic heterocycles. The summed E-state index contributed by atoms with van der Waals surface area (Å²) >= 11 is 0. The number of carbonyl (C=O) groups is 1. The molecular formula is C17H26N2O3. The molecule has 5 nitrogen and oxygen atoms in total. The van der Waals surface area contributed by atoms with Crippen molar-refractivity contribution >= 4 is 5.91 Å². The van der Waals surface area contributed by atoms with Gasteiger partial charge in [-0.1, -0.05) is 31.2 Å². The first-order valence-corrected chi connectivity index (χ1v) is 7.95. The van der Waals surface area contributed by atoms with Crippen LogP contribution in [0.4, 0.5) is 0 Å². The number of aliphatic hydroxyl groups is 2. The molecule has 0 fully saturated rings. The van der Waals surface area contributed by atoms with Crippen LogP contribution in [0.2, 0.25) is 0 Å². The van der Waals surface area contributed by atoms with Gasteiger partial charge in [0.2, 0.25) is 5.91 Å². The highest BCUT2D eigenvalue weighted by Crippen LogP contribution is 2.31. The first-order chi connectivity index (χ1) is 10.6. The molecule has 22 heavy (non-hydrogen) atoms. The van der Waals surface area contributed by atoms with Gasteiger partial charge in [0.05, 0.1) is 18.2 Å². The molecule has 5 heteroatoms. The van der Waals surface area contributed by atoms with E-state index in [1.807, 2.05) is 31.2 Å². The fourth-order valence-corrected chi connectivity index (χ4v) is 3.13. The Bertz CT molecular complexity index is 506. The number of nitrogens with one attached hydrogen (secondary N) is 2. The van der Waals surface area contributed by atoms with E-state index in [0.717, 1.165) is 11.1 Å². The fraction of sp³-hybridized carbons (Fsp3) is 0.588. The van der Waals surface area contributed by atoms with Gasteiger partial charge in [-0.2, -0.15) is 0 Å². The van der Waals surface area contributed by atoms with Crippen molar-refractivity contribution in [1.82, 2.24) is 10.6 Å². The summed E-state index contributed by atoms with van der Waals surface area (Å²) in [4.78, 5) is 12.5. The van der Waals surface area contributed by atoms with Crippen LogP contribution in [-0.2, 0) is 11.2 Å². The zero-order valence-electron chi connectivity index (χ0n) is 13.2. The Morgan fingerprint density at radius 1 is 1.41 bits per heavy atom. The molecule has 0 saturated heterocycles. The summed E-state index contributed by atoms with van der Waals surface area (Å²) in [6, 6.07) is 7.45. The topological polar surface area (TPSA) is 81.6 Å². The number of aliphatic hydroxyl groups excluding tert-OH is 2. The maximum absolute atomic E-state index is 12.5. The minimum atomic E-state index is -0.582. The molecule has 122 valence electrons. The van der Waals surface area contributed by atoms with Gasteiger partial charge < -0.3 is 20.8 Å². The minimum Gasteiger partial charge on any atom is -0.392 e. The molecule has 1 aliphatic rings. The highest BCUT2D eigenvalue weighted by molar-refractivity contribution is 5.79. The van der Waals surface area contributed by atoms with Gasteiger partial charge in [-0.25, -0.2) is 0 Å². The van der Waals surface area contributed by atoms with Crippen LogP contribution in [0.25, 0.3) is 0 Å². The smallest absolute Gasteiger partial charge is 0.223 e. The number of hydrogen-bond donors (Lipinski definition) is 4. The monoisotopic (exact) mass is 306 g/mol. The van der Waals surface area contributed by atoms with E-state index < -0.39 is 12.2 Å². The average molecular weight is 306 g/mol. The number of carbonyl (C=O) groups excluding carboxylic acids is 1. The number of rotatable bonds is 7. The minimum absolute atomic E-state index is 0.0987. The second kappa shape index (κ2) is 7.72. The van der Waals surface area contributed by atoms with Gasteiger partial charge in [-0.3, -0.25) is 4.79 Å². The number of benzene rings is 1. The lowest BCUT2D eigenvalue weighted by atomic mass is 9.96. The van der Waals surface area contributed by atoms with Crippen molar-refractivity contribution in [2.75, 3.05) is 13.6 Å². The molecule has 0 saturated carbocycles. The molecule has 4 unspecified atom stereocenters. The molecule has 0 bridgehead atoms. The predicted molar refractivity (Wildman–Crippen MR) is 85.4 cm³/mol. The summed E-state index contributed by atoms with van der Waals surface area (Å²) in [6.07, 6.45) is 0.535. The first kappa shape index (κ1) is 16.9. The van der Waals surface area contributed by atoms with Crippen molar-refractivity contribution in [3.05, 3.63) is 35.4 Å². The molecule has 1 aromatic rings. The molecule has 1 aromatic carbocycles. The van der Waals surface area contributed by atoms with Crippen molar-refractivity contribution in [1.29, 1.82) is 0 Å². The maximum atomic E-state index is 12.5. The van der Waals surface area contributed by atoms with Crippen LogP contribution < -0.4 is 10.6 Å². The SMILES string of the molecule is CCC(CC(O)CNC)C(=O)NC1c2ccccc2CC1O. The highest BCUT2D eigenvalue weighted by Gasteiger charge is 2.33. The molecular weight excluding hydrogens is 280 g/mol. The third kappa shape index (κ3) is 3.85. The van der Waals surface area contributed by atoms with Gasteiger partial charge in [0.1, 0.15) is 0 Å². The summed E-state index contributed by atoms with van der Waals surface area (Å²) in [5, 5.41) is 26.0. The van der Waals surface area contributed by atoms with Crippen LogP contribution in [0.15, 0.2) is 24.3 Å². The Hall–Kier alpha value is -1.43. The lowest BCUT2D eigenvalue weighted by molar-refractivity contribution is -0.127. The van der Waals surface area contributed by atoms with Crippen molar-refractivity contribution < 1.29 is 15.0 Å². The maximum Gasteiger partial charge on any atom is 0.223 e. The number of fused-ring (bicyclic) bond motifs is 1. The molecule has 2 rings (SSSR count). The zero-order valence-corrected chi connectivity index (χ0v) is 13.2. The largest absolute Gasteiger partial charge is 0.392 e. The van der Waals surface area contributed by atoms with Crippen LogP contribution in [0.5, 0.6) is 0 Å². The summed E-state index contributed by atoms with van der Waals surface area (Å²) < 4.78 is 0. The van der Waals surface area contributed by atoms with Crippen molar-refractivity contribution in [2.45, 2.75) is 44.4 Å². The third-order valence-electron chi connectivity index (χ3n) is 4.36. The first-order valence-electron chi connectivity index (χ1n) is 7.95. The van der Waals surface area contributed by atoms with E-state index in [-0.39, 0.29) is 17.9 Å². The van der Waals surface area contributed by atoms with E-state index in [1.165, 1.54) is 0 Å². The Labute approximate surface area is 131 Å². The normalized spacial score (nSPS) is 22.9. The Kier molecular flexibility index (Phi) is 5.94. The van der Waals surface area contributed by atoms with Crippen LogP contribution in [0.3, 0.4) is 0 Å². The van der Waals surface area contributed by atoms with Crippen LogP contribution in [-0.4, -0.2) is 41.9 Å². The van der Waals surface area contributed by atoms with Gasteiger partial charge in [-0.05, 0) is 31.0 Å². The number of amides is 1. The van der Waals surface area contributed by atoms with Crippen molar-refractivity contribution in [2.24, 2.45) is 5.92 Å². The molecule has 1 amide bonds. The second-order valence-corrected chi connectivity index (χ2v) is 6.01. The van der Waals surface area contributed by atoms with E-state index >= 15 is 0 Å². The van der Waals surface area contributed by atoms with Crippen LogP contribution in [0, 0.1) is 5.92 Å². The van der Waals surface area contributed by atoms with Crippen molar-refractivity contribution in [3.8, 4) is 0 Å². The summed E-state index contributed by atoms with van der Waals surface area (Å²) in [6.45, 7) is 2.41. The molecule has 4 atom stereocenters. The van der Waals surface area contributed by atoms with Crippen LogP contribution in [0.1, 0.15) is 36.9 Å². The molecule has 0 aliphatic heterocycles. The standard InChI is InChI=1S/C17H26N2O3/c1-3-11(8-13(20)10-18-2)17(22)19-16-14-7-5-4-6-12(14)9-15(16)21/h4-7,11,13,15-16,18,20-21H,3,8-10H2,1-2H3,(H,19,22). The van der Waals surface area contributed by atoms with Gasteiger partial charge in [0.25, 0.3) is 0 Å². The Balaban J connectivity index is 2.01. The molecule has 0 spiro atoms. The van der Waals surface area contributed by atoms with Gasteiger partial charge in [0, 0.05) is 18.9 Å². The lowest BCUT2D eigenvalue weighted by Crippen LogP contribution is -2.39. The average Bonchev–Trinajstić information content (AvgIpc) is 2.81.